The molecule has 5 heteroatoms. The van der Waals surface area contributed by atoms with Gasteiger partial charge in [0.05, 0.1) is 4.92 Å². The molecule has 0 spiro atoms. The summed E-state index contributed by atoms with van der Waals surface area (Å²) in [6, 6.07) is 4.84. The van der Waals surface area contributed by atoms with Crippen molar-refractivity contribution in [3.05, 3.63) is 45.0 Å². The van der Waals surface area contributed by atoms with Gasteiger partial charge < -0.3 is 0 Å². The molecule has 1 aromatic heterocycles. The van der Waals surface area contributed by atoms with E-state index in [9.17, 15) is 10.1 Å². The van der Waals surface area contributed by atoms with Crippen molar-refractivity contribution in [2.24, 2.45) is 0 Å². The number of rotatable bonds is 2. The number of thiazole rings is 1. The number of nitro benzene ring substituents is 1. The van der Waals surface area contributed by atoms with E-state index in [1.165, 1.54) is 6.07 Å². The summed E-state index contributed by atoms with van der Waals surface area (Å²) < 4.78 is 0. The van der Waals surface area contributed by atoms with Crippen LogP contribution < -0.4 is 0 Å². The van der Waals surface area contributed by atoms with Gasteiger partial charge in [0.2, 0.25) is 0 Å². The first-order valence-corrected chi connectivity index (χ1v) is 5.57. The normalized spacial score (nSPS) is 10.4. The third-order valence-corrected chi connectivity index (χ3v) is 3.23. The summed E-state index contributed by atoms with van der Waals surface area (Å²) in [5.74, 6) is 0. The molecule has 0 aliphatic rings. The topological polar surface area (TPSA) is 56.0 Å². The highest BCUT2D eigenvalue weighted by molar-refractivity contribution is 7.14. The highest BCUT2D eigenvalue weighted by Gasteiger charge is 2.12. The Morgan fingerprint density at radius 2 is 2.12 bits per heavy atom. The quantitative estimate of drug-likeness (QED) is 0.591. The predicted octanol–water partition coefficient (Wildman–Crippen LogP) is 3.34. The highest BCUT2D eigenvalue weighted by atomic mass is 32.1. The number of aromatic nitrogens is 1. The van der Waals surface area contributed by atoms with Crippen molar-refractivity contribution in [3.8, 4) is 10.6 Å². The molecule has 0 aliphatic carbocycles. The molecule has 0 saturated carbocycles. The van der Waals surface area contributed by atoms with Crippen LogP contribution in [0.4, 0.5) is 5.69 Å². The number of nitrogens with zero attached hydrogens (tertiary/aromatic N) is 2. The van der Waals surface area contributed by atoms with Crippen LogP contribution in [-0.2, 0) is 0 Å². The lowest BCUT2D eigenvalue weighted by Gasteiger charge is -2.01. The van der Waals surface area contributed by atoms with Gasteiger partial charge >= 0.3 is 0 Å². The minimum absolute atomic E-state index is 0.105. The maximum atomic E-state index is 10.7. The number of aryl methyl sites for hydroxylation is 2. The first kappa shape index (κ1) is 10.8. The Bertz CT molecular complexity index is 549. The molecule has 2 rings (SSSR count). The van der Waals surface area contributed by atoms with Crippen molar-refractivity contribution < 1.29 is 4.92 Å². The van der Waals surface area contributed by atoms with Gasteiger partial charge in [0.1, 0.15) is 5.01 Å². The molecule has 0 N–H and O–H groups in total. The second-order valence-electron chi connectivity index (χ2n) is 3.53. The van der Waals surface area contributed by atoms with Gasteiger partial charge in [-0.15, -0.1) is 11.3 Å². The number of hydrogen-bond acceptors (Lipinski definition) is 4. The standard InChI is InChI=1S/C11H10N2O2S/c1-7-3-4-9(13(14)15)5-10(7)11-12-6-8(2)16-11/h3-6H,1-2H3. The summed E-state index contributed by atoms with van der Waals surface area (Å²) in [7, 11) is 0. The van der Waals surface area contributed by atoms with Crippen LogP contribution in [0.3, 0.4) is 0 Å². The Morgan fingerprint density at radius 1 is 1.38 bits per heavy atom. The number of nitro groups is 1. The second kappa shape index (κ2) is 4.02. The zero-order valence-corrected chi connectivity index (χ0v) is 9.75. The summed E-state index contributed by atoms with van der Waals surface area (Å²) in [6.45, 7) is 3.89. The van der Waals surface area contributed by atoms with E-state index < -0.39 is 0 Å². The van der Waals surface area contributed by atoms with E-state index in [2.05, 4.69) is 4.98 Å². The summed E-state index contributed by atoms with van der Waals surface area (Å²) >= 11 is 1.54. The van der Waals surface area contributed by atoms with E-state index in [1.807, 2.05) is 13.8 Å². The predicted molar refractivity (Wildman–Crippen MR) is 63.7 cm³/mol. The molecule has 2 aromatic rings. The molecule has 82 valence electrons. The molecule has 0 fully saturated rings. The summed E-state index contributed by atoms with van der Waals surface area (Å²) in [4.78, 5) is 15.6. The molecular formula is C11H10N2O2S. The molecule has 0 atom stereocenters. The highest BCUT2D eigenvalue weighted by Crippen LogP contribution is 2.30. The van der Waals surface area contributed by atoms with Crippen LogP contribution in [-0.4, -0.2) is 9.91 Å². The summed E-state index contributed by atoms with van der Waals surface area (Å²) in [6.07, 6.45) is 1.78. The lowest BCUT2D eigenvalue weighted by Crippen LogP contribution is -1.90. The van der Waals surface area contributed by atoms with Gasteiger partial charge in [-0.3, -0.25) is 10.1 Å². The SMILES string of the molecule is Cc1cnc(-c2cc([N+](=O)[O-])ccc2C)s1. The first-order valence-electron chi connectivity index (χ1n) is 4.76. The van der Waals surface area contributed by atoms with Crippen LogP contribution in [0.25, 0.3) is 10.6 Å². The van der Waals surface area contributed by atoms with E-state index in [0.29, 0.717) is 0 Å². The second-order valence-corrected chi connectivity index (χ2v) is 4.77. The van der Waals surface area contributed by atoms with Crippen LogP contribution in [0, 0.1) is 24.0 Å². The van der Waals surface area contributed by atoms with Crippen LogP contribution in [0.2, 0.25) is 0 Å². The van der Waals surface area contributed by atoms with E-state index in [-0.39, 0.29) is 10.6 Å². The average Bonchev–Trinajstić information content (AvgIpc) is 2.65. The fourth-order valence-electron chi connectivity index (χ4n) is 1.43. The Balaban J connectivity index is 2.55. The molecule has 0 saturated heterocycles. The Morgan fingerprint density at radius 3 is 2.69 bits per heavy atom. The summed E-state index contributed by atoms with van der Waals surface area (Å²) in [5, 5.41) is 11.5. The van der Waals surface area contributed by atoms with Gasteiger partial charge in [0, 0.05) is 28.8 Å². The smallest absolute Gasteiger partial charge is 0.258 e. The molecule has 4 nitrogen and oxygen atoms in total. The minimum Gasteiger partial charge on any atom is -0.258 e. The van der Waals surface area contributed by atoms with Crippen molar-refractivity contribution in [2.45, 2.75) is 13.8 Å². The molecule has 0 aliphatic heterocycles. The van der Waals surface area contributed by atoms with E-state index in [0.717, 1.165) is 21.0 Å². The molecule has 1 aromatic carbocycles. The van der Waals surface area contributed by atoms with E-state index >= 15 is 0 Å². The van der Waals surface area contributed by atoms with Crippen molar-refractivity contribution in [2.75, 3.05) is 0 Å². The molecule has 0 radical (unpaired) electrons. The Labute approximate surface area is 96.7 Å². The molecule has 1 heterocycles. The molecule has 16 heavy (non-hydrogen) atoms. The third-order valence-electron chi connectivity index (χ3n) is 2.28. The average molecular weight is 234 g/mol. The van der Waals surface area contributed by atoms with Gasteiger partial charge in [-0.25, -0.2) is 4.98 Å². The molecule has 0 amide bonds. The van der Waals surface area contributed by atoms with Crippen molar-refractivity contribution in [3.63, 3.8) is 0 Å². The maximum absolute atomic E-state index is 10.7. The fraction of sp³-hybridized carbons (Fsp3) is 0.182. The zero-order chi connectivity index (χ0) is 11.7. The van der Waals surface area contributed by atoms with Crippen LogP contribution in [0.15, 0.2) is 24.4 Å². The molecule has 0 unspecified atom stereocenters. The zero-order valence-electron chi connectivity index (χ0n) is 8.93. The fourth-order valence-corrected chi connectivity index (χ4v) is 2.28. The molecular weight excluding hydrogens is 224 g/mol. The van der Waals surface area contributed by atoms with E-state index in [4.69, 9.17) is 0 Å². The first-order chi connectivity index (χ1) is 7.58. The molecule has 0 bridgehead atoms. The summed E-state index contributed by atoms with van der Waals surface area (Å²) in [5.41, 5.74) is 1.95. The van der Waals surface area contributed by atoms with Crippen LogP contribution in [0.5, 0.6) is 0 Å². The monoisotopic (exact) mass is 234 g/mol. The van der Waals surface area contributed by atoms with Gasteiger partial charge in [-0.05, 0) is 19.4 Å². The van der Waals surface area contributed by atoms with E-state index in [1.54, 1.807) is 29.7 Å². The minimum atomic E-state index is -0.386. The number of benzene rings is 1. The maximum Gasteiger partial charge on any atom is 0.270 e. The number of hydrogen-bond donors (Lipinski definition) is 0. The lowest BCUT2D eigenvalue weighted by molar-refractivity contribution is -0.384. The van der Waals surface area contributed by atoms with Gasteiger partial charge in [0.25, 0.3) is 5.69 Å². The Hall–Kier alpha value is -1.75. The van der Waals surface area contributed by atoms with Gasteiger partial charge in [0.15, 0.2) is 0 Å². The van der Waals surface area contributed by atoms with Crippen molar-refractivity contribution in [1.29, 1.82) is 0 Å². The van der Waals surface area contributed by atoms with Crippen LogP contribution in [0.1, 0.15) is 10.4 Å². The van der Waals surface area contributed by atoms with Crippen molar-refractivity contribution >= 4 is 17.0 Å². The number of non-ortho nitro benzene ring substituents is 1. The Kier molecular flexibility index (Phi) is 2.70. The third kappa shape index (κ3) is 1.94. The van der Waals surface area contributed by atoms with Crippen LogP contribution >= 0.6 is 11.3 Å². The van der Waals surface area contributed by atoms with Crippen molar-refractivity contribution in [1.82, 2.24) is 4.98 Å². The largest absolute Gasteiger partial charge is 0.270 e. The lowest BCUT2D eigenvalue weighted by atomic mass is 10.1. The van der Waals surface area contributed by atoms with Gasteiger partial charge in [-0.1, -0.05) is 6.07 Å². The van der Waals surface area contributed by atoms with Gasteiger partial charge in [-0.2, -0.15) is 0 Å².